The molecule has 0 fully saturated rings. The van der Waals surface area contributed by atoms with Gasteiger partial charge in [0.05, 0.1) is 4.75 Å². The molecule has 0 aromatic heterocycles. The van der Waals surface area contributed by atoms with Gasteiger partial charge in [0.1, 0.15) is 6.73 Å². The van der Waals surface area contributed by atoms with E-state index in [1.165, 1.54) is 0 Å². The molecule has 62 valence electrons. The first-order chi connectivity index (χ1) is 4.31. The smallest absolute Gasteiger partial charge is 0.218 e. The number of nitrogens with one attached hydrogen (secondary N) is 1. The molecule has 0 aromatic rings. The van der Waals surface area contributed by atoms with Crippen LogP contribution in [0.1, 0.15) is 20.8 Å². The number of aliphatic hydroxyl groups is 1. The highest BCUT2D eigenvalue weighted by Crippen LogP contribution is 2.11. The van der Waals surface area contributed by atoms with Gasteiger partial charge in [-0.1, -0.05) is 0 Å². The van der Waals surface area contributed by atoms with Gasteiger partial charge in [-0.2, -0.15) is 4.72 Å². The number of hydrogen-bond donors (Lipinski definition) is 2. The lowest BCUT2D eigenvalue weighted by molar-refractivity contribution is 0.287. The maximum atomic E-state index is 11.0. The standard InChI is InChI=1S/C5H13NO3S/c1-5(2,3)10(8,9)6-4-7/h6-7H,4H2,1-3H3. The molecule has 0 saturated carbocycles. The van der Waals surface area contributed by atoms with E-state index in [4.69, 9.17) is 5.11 Å². The Labute approximate surface area is 61.3 Å². The van der Waals surface area contributed by atoms with Crippen molar-refractivity contribution in [2.45, 2.75) is 25.5 Å². The molecule has 0 aromatic carbocycles. The van der Waals surface area contributed by atoms with Crippen LogP contribution in [0.2, 0.25) is 0 Å². The molecule has 0 rings (SSSR count). The molecule has 0 unspecified atom stereocenters. The number of rotatable bonds is 2. The summed E-state index contributed by atoms with van der Waals surface area (Å²) < 4.78 is 23.1. The monoisotopic (exact) mass is 167 g/mol. The van der Waals surface area contributed by atoms with Crippen molar-refractivity contribution in [3.63, 3.8) is 0 Å². The molecule has 0 aliphatic rings. The highest BCUT2D eigenvalue weighted by molar-refractivity contribution is 7.90. The summed E-state index contributed by atoms with van der Waals surface area (Å²) in [5, 5.41) is 8.27. The van der Waals surface area contributed by atoms with E-state index in [9.17, 15) is 8.42 Å². The molecule has 0 atom stereocenters. The molecule has 10 heavy (non-hydrogen) atoms. The van der Waals surface area contributed by atoms with E-state index in [1.807, 2.05) is 4.72 Å². The predicted octanol–water partition coefficient (Wildman–Crippen LogP) is -0.346. The maximum absolute atomic E-state index is 11.0. The molecule has 0 amide bonds. The van der Waals surface area contributed by atoms with Crippen molar-refractivity contribution in [3.05, 3.63) is 0 Å². The highest BCUT2D eigenvalue weighted by Gasteiger charge is 2.27. The quantitative estimate of drug-likeness (QED) is 0.553. The highest BCUT2D eigenvalue weighted by atomic mass is 32.2. The van der Waals surface area contributed by atoms with Crippen LogP contribution >= 0.6 is 0 Å². The second kappa shape index (κ2) is 2.86. The Morgan fingerprint density at radius 3 is 1.90 bits per heavy atom. The normalized spacial score (nSPS) is 13.6. The van der Waals surface area contributed by atoms with Gasteiger partial charge in [-0.05, 0) is 20.8 Å². The summed E-state index contributed by atoms with van der Waals surface area (Å²) in [7, 11) is -3.35. The molecule has 0 aliphatic carbocycles. The first kappa shape index (κ1) is 9.87. The largest absolute Gasteiger partial charge is 0.380 e. The summed E-state index contributed by atoms with van der Waals surface area (Å²) >= 11 is 0. The van der Waals surface area contributed by atoms with Crippen LogP contribution in [0.4, 0.5) is 0 Å². The summed E-state index contributed by atoms with van der Waals surface area (Å²) in [6, 6.07) is 0. The minimum absolute atomic E-state index is 0.542. The van der Waals surface area contributed by atoms with Crippen LogP contribution in [-0.4, -0.2) is 25.0 Å². The average Bonchev–Trinajstić information content (AvgIpc) is 1.61. The summed E-state index contributed by atoms with van der Waals surface area (Å²) in [4.78, 5) is 0. The number of hydrogen-bond acceptors (Lipinski definition) is 3. The minimum atomic E-state index is -3.35. The van der Waals surface area contributed by atoms with E-state index < -0.39 is 21.5 Å². The topological polar surface area (TPSA) is 66.4 Å². The van der Waals surface area contributed by atoms with Crippen molar-refractivity contribution in [1.29, 1.82) is 0 Å². The van der Waals surface area contributed by atoms with Gasteiger partial charge in [0.2, 0.25) is 10.0 Å². The Kier molecular flexibility index (Phi) is 2.82. The first-order valence-electron chi connectivity index (χ1n) is 2.91. The zero-order chi connectivity index (χ0) is 8.41. The van der Waals surface area contributed by atoms with Gasteiger partial charge in [-0.3, -0.25) is 0 Å². The lowest BCUT2D eigenvalue weighted by Crippen LogP contribution is -2.39. The molecular formula is C5H13NO3S. The van der Waals surface area contributed by atoms with Crippen LogP contribution < -0.4 is 4.72 Å². The first-order valence-corrected chi connectivity index (χ1v) is 4.39. The van der Waals surface area contributed by atoms with Gasteiger partial charge in [-0.15, -0.1) is 0 Å². The van der Waals surface area contributed by atoms with Crippen LogP contribution in [-0.2, 0) is 10.0 Å². The SMILES string of the molecule is CC(C)(C)S(=O)(=O)NCO. The Morgan fingerprint density at radius 2 is 1.80 bits per heavy atom. The fourth-order valence-corrected chi connectivity index (χ4v) is 0.904. The van der Waals surface area contributed by atoms with E-state index in [-0.39, 0.29) is 0 Å². The second-order valence-electron chi connectivity index (χ2n) is 2.92. The van der Waals surface area contributed by atoms with Crippen molar-refractivity contribution in [2.75, 3.05) is 6.73 Å². The van der Waals surface area contributed by atoms with Gasteiger partial charge in [0, 0.05) is 0 Å². The third-order valence-electron chi connectivity index (χ3n) is 1.06. The number of sulfonamides is 1. The van der Waals surface area contributed by atoms with Crippen molar-refractivity contribution in [3.8, 4) is 0 Å². The van der Waals surface area contributed by atoms with E-state index in [1.54, 1.807) is 20.8 Å². The molecule has 0 heterocycles. The summed E-state index contributed by atoms with van der Waals surface area (Å²) in [6.45, 7) is 4.14. The molecule has 5 heteroatoms. The van der Waals surface area contributed by atoms with Crippen molar-refractivity contribution >= 4 is 10.0 Å². The molecular weight excluding hydrogens is 154 g/mol. The molecule has 0 radical (unpaired) electrons. The fourth-order valence-electron chi connectivity index (χ4n) is 0.301. The Morgan fingerprint density at radius 1 is 1.40 bits per heavy atom. The van der Waals surface area contributed by atoms with Gasteiger partial charge in [-0.25, -0.2) is 8.42 Å². The van der Waals surface area contributed by atoms with E-state index in [0.29, 0.717) is 0 Å². The second-order valence-corrected chi connectivity index (χ2v) is 5.44. The molecule has 0 saturated heterocycles. The fraction of sp³-hybridized carbons (Fsp3) is 1.00. The van der Waals surface area contributed by atoms with Crippen LogP contribution in [0.15, 0.2) is 0 Å². The molecule has 0 aliphatic heterocycles. The van der Waals surface area contributed by atoms with Crippen molar-refractivity contribution < 1.29 is 13.5 Å². The summed E-state index contributed by atoms with van der Waals surface area (Å²) in [5.74, 6) is 0. The van der Waals surface area contributed by atoms with Crippen LogP contribution in [0.3, 0.4) is 0 Å². The Hall–Kier alpha value is -0.130. The third kappa shape index (κ3) is 2.24. The molecule has 4 nitrogen and oxygen atoms in total. The average molecular weight is 167 g/mol. The van der Waals surface area contributed by atoms with Gasteiger partial charge in [0.25, 0.3) is 0 Å². The lowest BCUT2D eigenvalue weighted by atomic mass is 10.3. The van der Waals surface area contributed by atoms with Crippen molar-refractivity contribution in [2.24, 2.45) is 0 Å². The number of aliphatic hydroxyl groups excluding tert-OH is 1. The minimum Gasteiger partial charge on any atom is -0.380 e. The molecule has 0 bridgehead atoms. The predicted molar refractivity (Wildman–Crippen MR) is 38.9 cm³/mol. The van der Waals surface area contributed by atoms with Gasteiger partial charge in [0.15, 0.2) is 0 Å². The van der Waals surface area contributed by atoms with Crippen molar-refractivity contribution in [1.82, 2.24) is 4.72 Å². The zero-order valence-electron chi connectivity index (χ0n) is 6.38. The van der Waals surface area contributed by atoms with Crippen LogP contribution in [0.25, 0.3) is 0 Å². The zero-order valence-corrected chi connectivity index (χ0v) is 7.20. The Balaban J connectivity index is 4.44. The van der Waals surface area contributed by atoms with Crippen LogP contribution in [0, 0.1) is 0 Å². The van der Waals surface area contributed by atoms with Gasteiger partial charge < -0.3 is 5.11 Å². The van der Waals surface area contributed by atoms with Gasteiger partial charge >= 0.3 is 0 Å². The van der Waals surface area contributed by atoms with E-state index in [0.717, 1.165) is 0 Å². The summed E-state index contributed by atoms with van der Waals surface area (Å²) in [6.07, 6.45) is 0. The Bertz CT molecular complexity index is 189. The lowest BCUT2D eigenvalue weighted by Gasteiger charge is -2.18. The third-order valence-corrected chi connectivity index (χ3v) is 3.18. The molecule has 2 N–H and O–H groups in total. The maximum Gasteiger partial charge on any atom is 0.218 e. The van der Waals surface area contributed by atoms with E-state index >= 15 is 0 Å². The molecule has 0 spiro atoms. The van der Waals surface area contributed by atoms with E-state index in [2.05, 4.69) is 0 Å². The summed E-state index contributed by atoms with van der Waals surface area (Å²) in [5.41, 5.74) is 0. The van der Waals surface area contributed by atoms with Crippen LogP contribution in [0.5, 0.6) is 0 Å².